The van der Waals surface area contributed by atoms with Gasteiger partial charge in [-0.25, -0.2) is 4.99 Å². The van der Waals surface area contributed by atoms with Crippen LogP contribution in [0, 0.1) is 5.92 Å². The first-order valence-electron chi connectivity index (χ1n) is 10.7. The maximum absolute atomic E-state index is 4.79. The molecule has 3 rings (SSSR count). The summed E-state index contributed by atoms with van der Waals surface area (Å²) in [6, 6.07) is 9.00. The second-order valence-corrected chi connectivity index (χ2v) is 8.12. The molecule has 0 atom stereocenters. The summed E-state index contributed by atoms with van der Waals surface area (Å²) < 4.78 is 0. The maximum atomic E-state index is 4.79. The molecule has 2 fully saturated rings. The summed E-state index contributed by atoms with van der Waals surface area (Å²) in [5, 5.41) is 6.93. The maximum Gasteiger partial charge on any atom is 0.191 e. The molecule has 0 amide bonds. The number of nitrogens with zero attached hydrogens (tertiary/aromatic N) is 3. The third kappa shape index (κ3) is 7.87. The van der Waals surface area contributed by atoms with Crippen LogP contribution in [0.25, 0.3) is 0 Å². The molecule has 6 heteroatoms. The van der Waals surface area contributed by atoms with E-state index in [2.05, 4.69) is 58.7 Å². The molecule has 28 heavy (non-hydrogen) atoms. The fourth-order valence-corrected chi connectivity index (χ4v) is 3.97. The Morgan fingerprint density at radius 2 is 1.64 bits per heavy atom. The summed E-state index contributed by atoms with van der Waals surface area (Å²) in [7, 11) is 2.21. The Morgan fingerprint density at radius 1 is 1.00 bits per heavy atom. The van der Waals surface area contributed by atoms with Crippen molar-refractivity contribution in [3.05, 3.63) is 35.4 Å². The van der Waals surface area contributed by atoms with E-state index >= 15 is 0 Å². The molecule has 1 aromatic carbocycles. The van der Waals surface area contributed by atoms with Gasteiger partial charge in [0.2, 0.25) is 0 Å². The molecule has 2 aliphatic heterocycles. The van der Waals surface area contributed by atoms with Gasteiger partial charge in [-0.3, -0.25) is 4.90 Å². The number of hydrogen-bond donors (Lipinski definition) is 2. The van der Waals surface area contributed by atoms with Crippen LogP contribution in [-0.2, 0) is 13.1 Å². The zero-order chi connectivity index (χ0) is 18.9. The summed E-state index contributed by atoms with van der Waals surface area (Å²) in [6.45, 7) is 10.8. The van der Waals surface area contributed by atoms with Crippen LogP contribution in [0.2, 0.25) is 0 Å². The van der Waals surface area contributed by atoms with E-state index in [1.165, 1.54) is 63.0 Å². The molecule has 158 valence electrons. The van der Waals surface area contributed by atoms with Gasteiger partial charge in [-0.05, 0) is 82.9 Å². The van der Waals surface area contributed by atoms with Crippen LogP contribution in [0.4, 0.5) is 0 Å². The minimum atomic E-state index is 0. The minimum absolute atomic E-state index is 0. The van der Waals surface area contributed by atoms with Crippen molar-refractivity contribution in [2.24, 2.45) is 10.9 Å². The molecule has 0 aromatic heterocycles. The predicted molar refractivity (Wildman–Crippen MR) is 129 cm³/mol. The van der Waals surface area contributed by atoms with Crippen LogP contribution in [0.3, 0.4) is 0 Å². The van der Waals surface area contributed by atoms with Gasteiger partial charge >= 0.3 is 0 Å². The third-order valence-electron chi connectivity index (χ3n) is 5.79. The first-order chi connectivity index (χ1) is 13.2. The van der Waals surface area contributed by atoms with E-state index in [1.54, 1.807) is 0 Å². The van der Waals surface area contributed by atoms with Crippen LogP contribution in [0.5, 0.6) is 0 Å². The second kappa shape index (κ2) is 12.6. The molecule has 0 radical (unpaired) electrons. The molecule has 0 unspecified atom stereocenters. The van der Waals surface area contributed by atoms with Crippen molar-refractivity contribution in [2.75, 3.05) is 46.3 Å². The molecule has 0 aliphatic carbocycles. The van der Waals surface area contributed by atoms with Crippen molar-refractivity contribution in [1.29, 1.82) is 0 Å². The fourth-order valence-electron chi connectivity index (χ4n) is 3.97. The molecule has 2 aliphatic rings. The average molecular weight is 499 g/mol. The van der Waals surface area contributed by atoms with E-state index in [0.717, 1.165) is 38.1 Å². The topological polar surface area (TPSA) is 42.9 Å². The van der Waals surface area contributed by atoms with Crippen molar-refractivity contribution >= 4 is 29.9 Å². The molecular weight excluding hydrogens is 461 g/mol. The third-order valence-corrected chi connectivity index (χ3v) is 5.79. The molecule has 0 spiro atoms. The molecule has 2 N–H and O–H groups in total. The van der Waals surface area contributed by atoms with Gasteiger partial charge in [0.1, 0.15) is 0 Å². The van der Waals surface area contributed by atoms with E-state index in [-0.39, 0.29) is 24.0 Å². The lowest BCUT2D eigenvalue weighted by atomic mass is 9.97. The van der Waals surface area contributed by atoms with Crippen molar-refractivity contribution in [3.63, 3.8) is 0 Å². The van der Waals surface area contributed by atoms with E-state index in [0.29, 0.717) is 0 Å². The SMILES string of the molecule is CCNC(=NCc1ccc(CN2CCCC2)cc1)NCC1CCN(C)CC1.I. The number of rotatable bonds is 7. The Balaban J connectivity index is 0.00000280. The smallest absolute Gasteiger partial charge is 0.191 e. The first kappa shape index (κ1) is 23.4. The monoisotopic (exact) mass is 499 g/mol. The van der Waals surface area contributed by atoms with Gasteiger partial charge in [0.25, 0.3) is 0 Å². The molecule has 5 nitrogen and oxygen atoms in total. The second-order valence-electron chi connectivity index (χ2n) is 8.12. The largest absolute Gasteiger partial charge is 0.357 e. The van der Waals surface area contributed by atoms with Gasteiger partial charge in [0.05, 0.1) is 6.54 Å². The highest BCUT2D eigenvalue weighted by atomic mass is 127. The van der Waals surface area contributed by atoms with E-state index in [4.69, 9.17) is 4.99 Å². The zero-order valence-electron chi connectivity index (χ0n) is 17.6. The Bertz CT molecular complexity index is 575. The zero-order valence-corrected chi connectivity index (χ0v) is 20.0. The van der Waals surface area contributed by atoms with Crippen LogP contribution in [-0.4, -0.2) is 62.1 Å². The van der Waals surface area contributed by atoms with Crippen molar-refractivity contribution in [2.45, 2.75) is 45.7 Å². The summed E-state index contributed by atoms with van der Waals surface area (Å²) in [6.07, 6.45) is 5.26. The highest BCUT2D eigenvalue weighted by Crippen LogP contribution is 2.15. The Hall–Kier alpha value is -0.860. The number of guanidine groups is 1. The van der Waals surface area contributed by atoms with Crippen molar-refractivity contribution in [1.82, 2.24) is 20.4 Å². The van der Waals surface area contributed by atoms with Crippen molar-refractivity contribution in [3.8, 4) is 0 Å². The standard InChI is InChI=1S/C22H37N5.HI/c1-3-23-22(25-17-20-10-14-26(2)15-11-20)24-16-19-6-8-21(9-7-19)18-27-12-4-5-13-27;/h6-9,20H,3-5,10-18H2,1-2H3,(H2,23,24,25);1H. The number of aliphatic imine (C=N–C) groups is 1. The van der Waals surface area contributed by atoms with Crippen LogP contribution in [0.15, 0.2) is 29.3 Å². The lowest BCUT2D eigenvalue weighted by molar-refractivity contribution is 0.220. The highest BCUT2D eigenvalue weighted by molar-refractivity contribution is 14.0. The number of benzene rings is 1. The number of piperidine rings is 1. The predicted octanol–water partition coefficient (Wildman–Crippen LogP) is 3.30. The van der Waals surface area contributed by atoms with E-state index in [9.17, 15) is 0 Å². The van der Waals surface area contributed by atoms with Gasteiger partial charge in [-0.15, -0.1) is 24.0 Å². The molecule has 0 saturated carbocycles. The Kier molecular flexibility index (Phi) is 10.6. The van der Waals surface area contributed by atoms with Crippen LogP contribution < -0.4 is 10.6 Å². The molecule has 0 bridgehead atoms. The Morgan fingerprint density at radius 3 is 2.29 bits per heavy atom. The van der Waals surface area contributed by atoms with Gasteiger partial charge in [-0.1, -0.05) is 24.3 Å². The normalized spacial score (nSPS) is 19.4. The fraction of sp³-hybridized carbons (Fsp3) is 0.682. The van der Waals surface area contributed by atoms with Crippen LogP contribution in [0.1, 0.15) is 43.7 Å². The van der Waals surface area contributed by atoms with Gasteiger partial charge in [-0.2, -0.15) is 0 Å². The first-order valence-corrected chi connectivity index (χ1v) is 10.7. The number of hydrogen-bond acceptors (Lipinski definition) is 3. The van der Waals surface area contributed by atoms with E-state index < -0.39 is 0 Å². The van der Waals surface area contributed by atoms with E-state index in [1.807, 2.05) is 0 Å². The molecule has 1 aromatic rings. The summed E-state index contributed by atoms with van der Waals surface area (Å²) >= 11 is 0. The van der Waals surface area contributed by atoms with Crippen LogP contribution >= 0.6 is 24.0 Å². The highest BCUT2D eigenvalue weighted by Gasteiger charge is 2.16. The number of nitrogens with one attached hydrogen (secondary N) is 2. The van der Waals surface area contributed by atoms with Gasteiger partial charge in [0, 0.05) is 19.6 Å². The number of likely N-dealkylation sites (tertiary alicyclic amines) is 2. The quantitative estimate of drug-likeness (QED) is 0.343. The summed E-state index contributed by atoms with van der Waals surface area (Å²) in [4.78, 5) is 9.75. The Labute approximate surface area is 188 Å². The lowest BCUT2D eigenvalue weighted by Gasteiger charge is -2.29. The molecular formula is C22H38IN5. The minimum Gasteiger partial charge on any atom is -0.357 e. The molecule has 2 heterocycles. The molecule has 2 saturated heterocycles. The summed E-state index contributed by atoms with van der Waals surface area (Å²) in [5.41, 5.74) is 2.69. The van der Waals surface area contributed by atoms with Crippen molar-refractivity contribution < 1.29 is 0 Å². The lowest BCUT2D eigenvalue weighted by Crippen LogP contribution is -2.42. The van der Waals surface area contributed by atoms with Gasteiger partial charge < -0.3 is 15.5 Å². The van der Waals surface area contributed by atoms with Gasteiger partial charge in [0.15, 0.2) is 5.96 Å². The summed E-state index contributed by atoms with van der Waals surface area (Å²) in [5.74, 6) is 1.70. The average Bonchev–Trinajstić information content (AvgIpc) is 3.19. The number of halogens is 1.